The van der Waals surface area contributed by atoms with E-state index in [1.807, 2.05) is 35.2 Å². The minimum absolute atomic E-state index is 0.0698. The fourth-order valence-electron chi connectivity index (χ4n) is 2.65. The molecule has 0 aliphatic rings. The highest BCUT2D eigenvalue weighted by Gasteiger charge is 2.14. The molecule has 0 aliphatic carbocycles. The van der Waals surface area contributed by atoms with Gasteiger partial charge in [-0.2, -0.15) is 5.26 Å². The van der Waals surface area contributed by atoms with E-state index in [1.165, 1.54) is 30.6 Å². The zero-order valence-corrected chi connectivity index (χ0v) is 16.3. The molecule has 0 saturated carbocycles. The van der Waals surface area contributed by atoms with Crippen molar-refractivity contribution in [3.8, 4) is 23.5 Å². The van der Waals surface area contributed by atoms with Crippen molar-refractivity contribution < 1.29 is 13.2 Å². The molecular formula is C21H15N5O3S. The molecule has 0 spiro atoms. The standard InChI is InChI=1S/C21H15N5O3S/c22-14-16-3-9-19(10-4-16)30(27,28)25-17-5-7-18(8-6-17)29-21-13-20(23-15-24-21)26-11-1-2-12-26/h1-13,15,25H. The van der Waals surface area contributed by atoms with E-state index < -0.39 is 10.0 Å². The largest absolute Gasteiger partial charge is 0.439 e. The van der Waals surface area contributed by atoms with Gasteiger partial charge >= 0.3 is 0 Å². The Morgan fingerprint density at radius 2 is 1.67 bits per heavy atom. The molecule has 0 atom stereocenters. The summed E-state index contributed by atoms with van der Waals surface area (Å²) >= 11 is 0. The summed E-state index contributed by atoms with van der Waals surface area (Å²) in [6.07, 6.45) is 5.13. The van der Waals surface area contributed by atoms with Gasteiger partial charge < -0.3 is 9.30 Å². The van der Waals surface area contributed by atoms with Crippen LogP contribution in [0.5, 0.6) is 11.6 Å². The van der Waals surface area contributed by atoms with Crippen LogP contribution in [0.2, 0.25) is 0 Å². The number of nitrogens with zero attached hydrogens (tertiary/aromatic N) is 4. The Hall–Kier alpha value is -4.16. The third-order valence-corrected chi connectivity index (χ3v) is 5.52. The van der Waals surface area contributed by atoms with Gasteiger partial charge in [0.25, 0.3) is 10.0 Å². The predicted molar refractivity (Wildman–Crippen MR) is 110 cm³/mol. The summed E-state index contributed by atoms with van der Waals surface area (Å²) in [4.78, 5) is 8.36. The number of benzene rings is 2. The summed E-state index contributed by atoms with van der Waals surface area (Å²) in [5.74, 6) is 1.52. The molecule has 4 aromatic rings. The second-order valence-corrected chi connectivity index (χ2v) is 7.86. The lowest BCUT2D eigenvalue weighted by atomic mass is 10.2. The van der Waals surface area contributed by atoms with Gasteiger partial charge in [-0.1, -0.05) is 0 Å². The number of hydrogen-bond acceptors (Lipinski definition) is 6. The lowest BCUT2D eigenvalue weighted by molar-refractivity contribution is 0.461. The summed E-state index contributed by atoms with van der Waals surface area (Å²) in [6.45, 7) is 0. The van der Waals surface area contributed by atoms with E-state index in [-0.39, 0.29) is 4.90 Å². The average molecular weight is 417 g/mol. The summed E-state index contributed by atoms with van der Waals surface area (Å²) < 4.78 is 35.0. The molecule has 2 aromatic carbocycles. The number of sulfonamides is 1. The van der Waals surface area contributed by atoms with E-state index >= 15 is 0 Å². The van der Waals surface area contributed by atoms with Crippen molar-refractivity contribution in [3.05, 3.63) is 91.0 Å². The Morgan fingerprint density at radius 3 is 2.33 bits per heavy atom. The van der Waals surface area contributed by atoms with E-state index in [0.29, 0.717) is 28.7 Å². The Kier molecular flexibility index (Phi) is 5.15. The van der Waals surface area contributed by atoms with Gasteiger partial charge in [-0.15, -0.1) is 0 Å². The minimum Gasteiger partial charge on any atom is -0.439 e. The molecule has 0 bridgehead atoms. The van der Waals surface area contributed by atoms with Crippen LogP contribution in [0, 0.1) is 11.3 Å². The van der Waals surface area contributed by atoms with Crippen LogP contribution < -0.4 is 9.46 Å². The van der Waals surface area contributed by atoms with E-state index in [1.54, 1.807) is 30.3 Å². The second-order valence-electron chi connectivity index (χ2n) is 6.17. The van der Waals surface area contributed by atoms with Crippen molar-refractivity contribution in [1.82, 2.24) is 14.5 Å². The maximum absolute atomic E-state index is 12.5. The van der Waals surface area contributed by atoms with Gasteiger partial charge in [-0.05, 0) is 60.7 Å². The summed E-state index contributed by atoms with van der Waals surface area (Å²) in [5, 5.41) is 8.83. The SMILES string of the molecule is N#Cc1ccc(S(=O)(=O)Nc2ccc(Oc3cc(-n4cccc4)ncn3)cc2)cc1. The molecule has 2 heterocycles. The Labute approximate surface area is 173 Å². The molecule has 1 N–H and O–H groups in total. The third-order valence-electron chi connectivity index (χ3n) is 4.12. The molecule has 30 heavy (non-hydrogen) atoms. The van der Waals surface area contributed by atoms with Gasteiger partial charge in [0.2, 0.25) is 5.88 Å². The average Bonchev–Trinajstić information content (AvgIpc) is 3.30. The van der Waals surface area contributed by atoms with Gasteiger partial charge in [-0.25, -0.2) is 18.4 Å². The quantitative estimate of drug-likeness (QED) is 0.512. The molecule has 148 valence electrons. The van der Waals surface area contributed by atoms with E-state index in [9.17, 15) is 8.42 Å². The van der Waals surface area contributed by atoms with Crippen LogP contribution >= 0.6 is 0 Å². The topological polar surface area (TPSA) is 110 Å². The molecular weight excluding hydrogens is 402 g/mol. The van der Waals surface area contributed by atoms with E-state index in [0.717, 1.165) is 0 Å². The number of aromatic nitrogens is 3. The van der Waals surface area contributed by atoms with Crippen molar-refractivity contribution in [2.75, 3.05) is 4.72 Å². The van der Waals surface area contributed by atoms with Crippen LogP contribution in [0.1, 0.15) is 5.56 Å². The summed E-state index contributed by atoms with van der Waals surface area (Å²) in [7, 11) is -3.76. The number of ether oxygens (including phenoxy) is 1. The van der Waals surface area contributed by atoms with Crippen molar-refractivity contribution in [3.63, 3.8) is 0 Å². The molecule has 0 unspecified atom stereocenters. The summed E-state index contributed by atoms with van der Waals surface area (Å²) in [6, 6.07) is 19.5. The van der Waals surface area contributed by atoms with Gasteiger partial charge in [0.1, 0.15) is 17.9 Å². The molecule has 0 amide bonds. The number of anilines is 1. The number of nitrogens with one attached hydrogen (secondary N) is 1. The molecule has 4 rings (SSSR count). The fraction of sp³-hybridized carbons (Fsp3) is 0. The van der Waals surface area contributed by atoms with Gasteiger partial charge in [0.05, 0.1) is 16.5 Å². The first-order valence-electron chi connectivity index (χ1n) is 8.80. The highest BCUT2D eigenvalue weighted by Crippen LogP contribution is 2.24. The van der Waals surface area contributed by atoms with Crippen LogP contribution in [0.4, 0.5) is 5.69 Å². The van der Waals surface area contributed by atoms with Crippen molar-refractivity contribution >= 4 is 15.7 Å². The molecule has 0 fully saturated rings. The second kappa shape index (κ2) is 8.06. The smallest absolute Gasteiger partial charge is 0.261 e. The first-order chi connectivity index (χ1) is 14.5. The molecule has 8 nitrogen and oxygen atoms in total. The predicted octanol–water partition coefficient (Wildman–Crippen LogP) is 3.73. The molecule has 2 aromatic heterocycles. The molecule has 0 saturated heterocycles. The highest BCUT2D eigenvalue weighted by atomic mass is 32.2. The van der Waals surface area contributed by atoms with Gasteiger partial charge in [-0.3, -0.25) is 4.72 Å². The first kappa shape index (κ1) is 19.2. The van der Waals surface area contributed by atoms with E-state index in [4.69, 9.17) is 10.00 Å². The van der Waals surface area contributed by atoms with Crippen molar-refractivity contribution in [2.45, 2.75) is 4.90 Å². The summed E-state index contributed by atoms with van der Waals surface area (Å²) in [5.41, 5.74) is 0.766. The molecule has 0 radical (unpaired) electrons. The van der Waals surface area contributed by atoms with Crippen LogP contribution in [0.3, 0.4) is 0 Å². The molecule has 9 heteroatoms. The fourth-order valence-corrected chi connectivity index (χ4v) is 3.71. The number of rotatable bonds is 6. The van der Waals surface area contributed by atoms with Crippen LogP contribution in [-0.4, -0.2) is 23.0 Å². The van der Waals surface area contributed by atoms with Crippen molar-refractivity contribution in [1.29, 1.82) is 5.26 Å². The zero-order chi connectivity index (χ0) is 21.0. The first-order valence-corrected chi connectivity index (χ1v) is 10.3. The van der Waals surface area contributed by atoms with Crippen LogP contribution in [0.25, 0.3) is 5.82 Å². The Balaban J connectivity index is 1.47. The Bertz CT molecular complexity index is 1290. The number of hydrogen-bond donors (Lipinski definition) is 1. The maximum Gasteiger partial charge on any atom is 0.261 e. The normalized spacial score (nSPS) is 10.9. The van der Waals surface area contributed by atoms with E-state index in [2.05, 4.69) is 14.7 Å². The lowest BCUT2D eigenvalue weighted by Gasteiger charge is -2.10. The number of nitriles is 1. The minimum atomic E-state index is -3.76. The monoisotopic (exact) mass is 417 g/mol. The van der Waals surface area contributed by atoms with Gasteiger partial charge in [0.15, 0.2) is 0 Å². The van der Waals surface area contributed by atoms with Crippen molar-refractivity contribution in [2.24, 2.45) is 0 Å². The lowest BCUT2D eigenvalue weighted by Crippen LogP contribution is -2.12. The van der Waals surface area contributed by atoms with Crippen LogP contribution in [0.15, 0.2) is 90.3 Å². The molecule has 0 aliphatic heterocycles. The Morgan fingerprint density at radius 1 is 0.967 bits per heavy atom. The van der Waals surface area contributed by atoms with Crippen LogP contribution in [-0.2, 0) is 10.0 Å². The highest BCUT2D eigenvalue weighted by molar-refractivity contribution is 7.92. The maximum atomic E-state index is 12.5. The van der Waals surface area contributed by atoms with Gasteiger partial charge in [0, 0.05) is 24.1 Å². The third kappa shape index (κ3) is 4.29. The zero-order valence-electron chi connectivity index (χ0n) is 15.5.